The maximum absolute atomic E-state index is 10.8. The summed E-state index contributed by atoms with van der Waals surface area (Å²) in [4.78, 5) is 17.6. The minimum atomic E-state index is -0.0209. The SMILES string of the molecule is Cc1cc2sc(=O)[nH]c2cn1. The van der Waals surface area contributed by atoms with Crippen LogP contribution in [0.3, 0.4) is 0 Å². The van der Waals surface area contributed by atoms with Crippen molar-refractivity contribution >= 4 is 21.6 Å². The molecule has 3 nitrogen and oxygen atoms in total. The molecule has 2 aromatic heterocycles. The van der Waals surface area contributed by atoms with E-state index in [-0.39, 0.29) is 4.87 Å². The highest BCUT2D eigenvalue weighted by molar-refractivity contribution is 7.16. The van der Waals surface area contributed by atoms with E-state index < -0.39 is 0 Å². The highest BCUT2D eigenvalue weighted by Gasteiger charge is 1.97. The molecule has 2 heterocycles. The maximum Gasteiger partial charge on any atom is 0.305 e. The lowest BCUT2D eigenvalue weighted by molar-refractivity contribution is 1.21. The van der Waals surface area contributed by atoms with Crippen LogP contribution in [0.1, 0.15) is 5.69 Å². The van der Waals surface area contributed by atoms with Gasteiger partial charge in [0.2, 0.25) is 0 Å². The number of H-pyrrole nitrogens is 1. The van der Waals surface area contributed by atoms with Gasteiger partial charge in [0.05, 0.1) is 16.4 Å². The van der Waals surface area contributed by atoms with Crippen LogP contribution in [0.15, 0.2) is 17.1 Å². The monoisotopic (exact) mass is 166 g/mol. The second kappa shape index (κ2) is 2.17. The van der Waals surface area contributed by atoms with Crippen molar-refractivity contribution < 1.29 is 0 Å². The van der Waals surface area contributed by atoms with E-state index in [4.69, 9.17) is 0 Å². The smallest absolute Gasteiger partial charge is 0.305 e. The zero-order valence-corrected chi connectivity index (χ0v) is 6.73. The zero-order chi connectivity index (χ0) is 7.84. The molecular formula is C7H6N2OS. The predicted molar refractivity (Wildman–Crippen MR) is 45.0 cm³/mol. The molecule has 56 valence electrons. The average Bonchev–Trinajstić information content (AvgIpc) is 2.27. The van der Waals surface area contributed by atoms with Gasteiger partial charge in [-0.15, -0.1) is 0 Å². The van der Waals surface area contributed by atoms with Crippen molar-refractivity contribution in [2.45, 2.75) is 6.92 Å². The molecule has 0 atom stereocenters. The van der Waals surface area contributed by atoms with Crippen molar-refractivity contribution in [3.63, 3.8) is 0 Å². The summed E-state index contributed by atoms with van der Waals surface area (Å²) >= 11 is 1.22. The maximum atomic E-state index is 10.8. The number of rotatable bonds is 0. The van der Waals surface area contributed by atoms with Crippen LogP contribution in [0, 0.1) is 6.92 Å². The van der Waals surface area contributed by atoms with Crippen LogP contribution in [-0.4, -0.2) is 9.97 Å². The fraction of sp³-hybridized carbons (Fsp3) is 0.143. The summed E-state index contributed by atoms with van der Waals surface area (Å²) in [7, 11) is 0. The fourth-order valence-electron chi connectivity index (χ4n) is 0.948. The van der Waals surface area contributed by atoms with E-state index in [1.807, 2.05) is 13.0 Å². The lowest BCUT2D eigenvalue weighted by atomic mass is 10.4. The van der Waals surface area contributed by atoms with Crippen LogP contribution in [0.4, 0.5) is 0 Å². The van der Waals surface area contributed by atoms with Crippen LogP contribution in [0.25, 0.3) is 10.2 Å². The molecule has 2 aromatic rings. The Balaban J connectivity index is 2.92. The van der Waals surface area contributed by atoms with Gasteiger partial charge in [0, 0.05) is 5.69 Å². The van der Waals surface area contributed by atoms with Gasteiger partial charge in [-0.05, 0) is 13.0 Å². The van der Waals surface area contributed by atoms with E-state index in [0.29, 0.717) is 0 Å². The highest BCUT2D eigenvalue weighted by atomic mass is 32.1. The summed E-state index contributed by atoms with van der Waals surface area (Å²) in [5.74, 6) is 0. The highest BCUT2D eigenvalue weighted by Crippen LogP contribution is 2.12. The first-order chi connectivity index (χ1) is 5.25. The van der Waals surface area contributed by atoms with E-state index in [9.17, 15) is 4.79 Å². The van der Waals surface area contributed by atoms with Crippen LogP contribution in [0.2, 0.25) is 0 Å². The number of pyridine rings is 1. The van der Waals surface area contributed by atoms with Gasteiger partial charge in [0.1, 0.15) is 0 Å². The number of thiazole rings is 1. The number of nitrogens with one attached hydrogen (secondary N) is 1. The van der Waals surface area contributed by atoms with E-state index in [2.05, 4.69) is 9.97 Å². The van der Waals surface area contributed by atoms with Gasteiger partial charge in [0.25, 0.3) is 0 Å². The second-order valence-corrected chi connectivity index (χ2v) is 3.35. The molecule has 2 rings (SSSR count). The zero-order valence-electron chi connectivity index (χ0n) is 5.92. The lowest BCUT2D eigenvalue weighted by Gasteiger charge is -1.88. The van der Waals surface area contributed by atoms with Crippen molar-refractivity contribution in [3.05, 3.63) is 27.6 Å². The minimum absolute atomic E-state index is 0.0209. The first-order valence-electron chi connectivity index (χ1n) is 3.21. The summed E-state index contributed by atoms with van der Waals surface area (Å²) in [6.45, 7) is 1.91. The number of fused-ring (bicyclic) bond motifs is 1. The van der Waals surface area contributed by atoms with Crippen molar-refractivity contribution in [3.8, 4) is 0 Å². The van der Waals surface area contributed by atoms with Gasteiger partial charge in [-0.25, -0.2) is 0 Å². The first kappa shape index (κ1) is 6.54. The Hall–Kier alpha value is -1.16. The Bertz CT molecular complexity index is 443. The van der Waals surface area contributed by atoms with E-state index in [0.717, 1.165) is 15.9 Å². The number of nitrogens with zero attached hydrogens (tertiary/aromatic N) is 1. The molecule has 0 aliphatic carbocycles. The molecule has 0 aliphatic rings. The summed E-state index contributed by atoms with van der Waals surface area (Å²) < 4.78 is 0.975. The third kappa shape index (κ3) is 1.05. The van der Waals surface area contributed by atoms with Crippen LogP contribution < -0.4 is 4.87 Å². The van der Waals surface area contributed by atoms with Crippen LogP contribution >= 0.6 is 11.3 Å². The molecule has 0 radical (unpaired) electrons. The third-order valence-corrected chi connectivity index (χ3v) is 2.29. The van der Waals surface area contributed by atoms with Crippen molar-refractivity contribution in [2.75, 3.05) is 0 Å². The standard InChI is InChI=1S/C7H6N2OS/c1-4-2-6-5(3-8-4)9-7(10)11-6/h2-3H,1H3,(H,9,10). The lowest BCUT2D eigenvalue weighted by Crippen LogP contribution is -1.89. The van der Waals surface area contributed by atoms with Gasteiger partial charge >= 0.3 is 4.87 Å². The third-order valence-electron chi connectivity index (χ3n) is 1.44. The number of hydrogen-bond acceptors (Lipinski definition) is 3. The summed E-state index contributed by atoms with van der Waals surface area (Å²) in [6.07, 6.45) is 1.68. The largest absolute Gasteiger partial charge is 0.311 e. The van der Waals surface area contributed by atoms with Crippen molar-refractivity contribution in [1.82, 2.24) is 9.97 Å². The van der Waals surface area contributed by atoms with E-state index in [1.54, 1.807) is 6.20 Å². The predicted octanol–water partition coefficient (Wildman–Crippen LogP) is 1.29. The Kier molecular flexibility index (Phi) is 1.29. The molecule has 1 N–H and O–H groups in total. The summed E-state index contributed by atoms with van der Waals surface area (Å²) in [5, 5.41) is 0. The number of hydrogen-bond donors (Lipinski definition) is 1. The van der Waals surface area contributed by atoms with Crippen LogP contribution in [0.5, 0.6) is 0 Å². The molecule has 0 fully saturated rings. The number of aromatic nitrogens is 2. The molecule has 0 aromatic carbocycles. The van der Waals surface area contributed by atoms with Gasteiger partial charge < -0.3 is 4.98 Å². The van der Waals surface area contributed by atoms with Gasteiger partial charge in [0.15, 0.2) is 0 Å². The first-order valence-corrected chi connectivity index (χ1v) is 4.03. The normalized spacial score (nSPS) is 10.6. The molecular weight excluding hydrogens is 160 g/mol. The van der Waals surface area contributed by atoms with Crippen molar-refractivity contribution in [2.24, 2.45) is 0 Å². The van der Waals surface area contributed by atoms with Gasteiger partial charge in [-0.2, -0.15) is 0 Å². The van der Waals surface area contributed by atoms with Gasteiger partial charge in [-0.3, -0.25) is 9.78 Å². The molecule has 0 unspecified atom stereocenters. The average molecular weight is 166 g/mol. The topological polar surface area (TPSA) is 45.8 Å². The molecule has 0 saturated carbocycles. The Morgan fingerprint density at radius 3 is 3.27 bits per heavy atom. The second-order valence-electron chi connectivity index (χ2n) is 2.34. The van der Waals surface area contributed by atoms with Crippen LogP contribution in [-0.2, 0) is 0 Å². The molecule has 4 heteroatoms. The Morgan fingerprint density at radius 1 is 1.64 bits per heavy atom. The molecule has 0 bridgehead atoms. The number of aromatic amines is 1. The molecule has 11 heavy (non-hydrogen) atoms. The molecule has 0 saturated heterocycles. The quantitative estimate of drug-likeness (QED) is 0.641. The fourth-order valence-corrected chi connectivity index (χ4v) is 1.75. The molecule has 0 aliphatic heterocycles. The summed E-state index contributed by atoms with van der Waals surface area (Å²) in [5.41, 5.74) is 1.76. The summed E-state index contributed by atoms with van der Waals surface area (Å²) in [6, 6.07) is 1.90. The Labute approximate surface area is 66.7 Å². The minimum Gasteiger partial charge on any atom is -0.311 e. The van der Waals surface area contributed by atoms with E-state index >= 15 is 0 Å². The Morgan fingerprint density at radius 2 is 2.45 bits per heavy atom. The van der Waals surface area contributed by atoms with Crippen molar-refractivity contribution in [1.29, 1.82) is 0 Å². The van der Waals surface area contributed by atoms with E-state index in [1.165, 1.54) is 11.3 Å². The number of aryl methyl sites for hydroxylation is 1. The molecule has 0 amide bonds. The molecule has 0 spiro atoms. The van der Waals surface area contributed by atoms with Gasteiger partial charge in [-0.1, -0.05) is 11.3 Å².